The lowest BCUT2D eigenvalue weighted by Gasteiger charge is -2.28. The number of benzene rings is 1. The molecule has 0 saturated carbocycles. The van der Waals surface area contributed by atoms with Gasteiger partial charge in [0.15, 0.2) is 11.0 Å². The number of nitrogens with one attached hydrogen (secondary N) is 1. The first-order chi connectivity index (χ1) is 13.6. The molecule has 0 radical (unpaired) electrons. The maximum absolute atomic E-state index is 12.7. The highest BCUT2D eigenvalue weighted by Gasteiger charge is 2.24. The summed E-state index contributed by atoms with van der Waals surface area (Å²) < 4.78 is 6.09. The van der Waals surface area contributed by atoms with Gasteiger partial charge >= 0.3 is 5.97 Å². The van der Waals surface area contributed by atoms with E-state index < -0.39 is 17.9 Å². The molecule has 1 saturated heterocycles. The molecular formula is C18H20N6O4. The number of anilines is 2. The summed E-state index contributed by atoms with van der Waals surface area (Å²) in [5.74, 6) is -1.56. The van der Waals surface area contributed by atoms with E-state index in [0.29, 0.717) is 16.7 Å². The Morgan fingerprint density at radius 3 is 2.64 bits per heavy atom. The average molecular weight is 384 g/mol. The molecule has 1 unspecified atom stereocenters. The first-order valence-electron chi connectivity index (χ1n) is 9.14. The lowest BCUT2D eigenvalue weighted by atomic mass is 10.1. The number of carbonyl (C=O) groups is 2. The predicted molar refractivity (Wildman–Crippen MR) is 100 cm³/mol. The van der Waals surface area contributed by atoms with Gasteiger partial charge in [-0.2, -0.15) is 5.10 Å². The van der Waals surface area contributed by atoms with Crippen molar-refractivity contribution in [2.75, 3.05) is 23.3 Å². The number of carboxylic acid groups (broad SMARTS) is 1. The molecule has 28 heavy (non-hydrogen) atoms. The molecule has 1 amide bonds. The lowest BCUT2D eigenvalue weighted by Crippen LogP contribution is -2.29. The number of amides is 1. The van der Waals surface area contributed by atoms with E-state index in [4.69, 9.17) is 4.63 Å². The Hall–Kier alpha value is -3.43. The average Bonchev–Trinajstić information content (AvgIpc) is 3.38. The lowest BCUT2D eigenvalue weighted by molar-refractivity contribution is -0.119. The molecule has 1 aliphatic rings. The Morgan fingerprint density at radius 2 is 1.89 bits per heavy atom. The molecule has 2 N–H and O–H groups in total. The number of hydrogen-bond donors (Lipinski definition) is 2. The molecule has 10 nitrogen and oxygen atoms in total. The summed E-state index contributed by atoms with van der Waals surface area (Å²) in [6.45, 7) is 3.47. The maximum atomic E-state index is 12.7. The zero-order valence-electron chi connectivity index (χ0n) is 15.3. The van der Waals surface area contributed by atoms with Crippen LogP contribution in [0.3, 0.4) is 0 Å². The van der Waals surface area contributed by atoms with Crippen molar-refractivity contribution in [1.29, 1.82) is 0 Å². The van der Waals surface area contributed by atoms with E-state index in [1.807, 2.05) is 6.07 Å². The van der Waals surface area contributed by atoms with Crippen molar-refractivity contribution >= 4 is 34.3 Å². The standard InChI is InChI=1S/C18H20N6O4/c1-11(24-14(18(26)27)7-8-19-24)17(25)20-12-5-6-13(16-15(12)21-28-22-16)23-9-3-2-4-10-23/h5-8,11H,2-4,9-10H2,1H3,(H,20,25)(H,26,27). The number of carbonyl (C=O) groups excluding carboxylic acids is 1. The number of nitrogens with zero attached hydrogens (tertiary/aromatic N) is 5. The maximum Gasteiger partial charge on any atom is 0.354 e. The number of hydrogen-bond acceptors (Lipinski definition) is 7. The number of carboxylic acids is 1. The number of piperidine rings is 1. The molecule has 3 aromatic rings. The Labute approximate surface area is 160 Å². The topological polar surface area (TPSA) is 126 Å². The van der Waals surface area contributed by atoms with Crippen molar-refractivity contribution < 1.29 is 19.3 Å². The van der Waals surface area contributed by atoms with Gasteiger partial charge in [0.25, 0.3) is 0 Å². The second-order valence-electron chi connectivity index (χ2n) is 6.77. The van der Waals surface area contributed by atoms with Crippen LogP contribution >= 0.6 is 0 Å². The Morgan fingerprint density at radius 1 is 1.14 bits per heavy atom. The highest BCUT2D eigenvalue weighted by atomic mass is 16.6. The second kappa shape index (κ2) is 7.29. The minimum Gasteiger partial charge on any atom is -0.477 e. The molecule has 146 valence electrons. The first-order valence-corrected chi connectivity index (χ1v) is 9.14. The summed E-state index contributed by atoms with van der Waals surface area (Å²) in [4.78, 5) is 26.2. The van der Waals surface area contributed by atoms with Gasteiger partial charge in [-0.05, 0) is 54.7 Å². The monoisotopic (exact) mass is 384 g/mol. The van der Waals surface area contributed by atoms with Crippen LogP contribution < -0.4 is 10.2 Å². The zero-order valence-corrected chi connectivity index (χ0v) is 15.3. The van der Waals surface area contributed by atoms with Crippen molar-refractivity contribution in [1.82, 2.24) is 20.1 Å². The van der Waals surface area contributed by atoms with Crippen molar-refractivity contribution in [3.8, 4) is 0 Å². The van der Waals surface area contributed by atoms with Crippen LogP contribution in [-0.4, -0.2) is 50.2 Å². The molecule has 3 heterocycles. The Bertz CT molecular complexity index is 1020. The summed E-state index contributed by atoms with van der Waals surface area (Å²) in [5.41, 5.74) is 2.39. The van der Waals surface area contributed by atoms with Crippen LogP contribution in [0.1, 0.15) is 42.7 Å². The van der Waals surface area contributed by atoms with Crippen molar-refractivity contribution in [2.45, 2.75) is 32.2 Å². The molecule has 10 heteroatoms. The second-order valence-corrected chi connectivity index (χ2v) is 6.77. The predicted octanol–water partition coefficient (Wildman–Crippen LogP) is 2.31. The molecule has 1 fully saturated rings. The third kappa shape index (κ3) is 3.17. The molecule has 0 aliphatic carbocycles. The van der Waals surface area contributed by atoms with E-state index >= 15 is 0 Å². The van der Waals surface area contributed by atoms with Gasteiger partial charge in [-0.25, -0.2) is 14.1 Å². The molecule has 4 rings (SSSR count). The molecule has 2 aromatic heterocycles. The largest absolute Gasteiger partial charge is 0.477 e. The van der Waals surface area contributed by atoms with Crippen molar-refractivity contribution in [2.24, 2.45) is 0 Å². The Balaban J connectivity index is 1.59. The smallest absolute Gasteiger partial charge is 0.354 e. The van der Waals surface area contributed by atoms with E-state index in [2.05, 4.69) is 25.6 Å². The van der Waals surface area contributed by atoms with Crippen LogP contribution in [0, 0.1) is 0 Å². The van der Waals surface area contributed by atoms with Crippen LogP contribution in [-0.2, 0) is 4.79 Å². The highest BCUT2D eigenvalue weighted by Crippen LogP contribution is 2.32. The summed E-state index contributed by atoms with van der Waals surface area (Å²) in [7, 11) is 0. The van der Waals surface area contributed by atoms with Gasteiger partial charge in [0.1, 0.15) is 11.7 Å². The van der Waals surface area contributed by atoms with Crippen molar-refractivity contribution in [3.05, 3.63) is 30.1 Å². The molecule has 1 aromatic carbocycles. The van der Waals surface area contributed by atoms with Crippen molar-refractivity contribution in [3.63, 3.8) is 0 Å². The molecule has 1 atom stereocenters. The molecule has 0 bridgehead atoms. The van der Waals surface area contributed by atoms with Gasteiger partial charge in [-0.15, -0.1) is 0 Å². The van der Waals surface area contributed by atoms with Gasteiger partial charge in [-0.3, -0.25) is 4.79 Å². The van der Waals surface area contributed by atoms with Crippen LogP contribution in [0.5, 0.6) is 0 Å². The molecule has 0 spiro atoms. The third-order valence-corrected chi connectivity index (χ3v) is 4.98. The summed E-state index contributed by atoms with van der Waals surface area (Å²) in [5, 5.41) is 23.9. The van der Waals surface area contributed by atoms with Gasteiger partial charge < -0.3 is 15.3 Å². The van der Waals surface area contributed by atoms with Gasteiger partial charge in [0.05, 0.1) is 11.4 Å². The summed E-state index contributed by atoms with van der Waals surface area (Å²) in [6.07, 6.45) is 4.81. The fraction of sp³-hybridized carbons (Fsp3) is 0.389. The Kier molecular flexibility index (Phi) is 4.68. The van der Waals surface area contributed by atoms with E-state index in [9.17, 15) is 14.7 Å². The fourth-order valence-electron chi connectivity index (χ4n) is 3.48. The summed E-state index contributed by atoms with van der Waals surface area (Å²) in [6, 6.07) is 4.19. The van der Waals surface area contributed by atoms with E-state index in [0.717, 1.165) is 36.3 Å². The minimum atomic E-state index is -1.15. The van der Waals surface area contributed by atoms with Crippen LogP contribution in [0.15, 0.2) is 29.0 Å². The third-order valence-electron chi connectivity index (χ3n) is 4.98. The summed E-state index contributed by atoms with van der Waals surface area (Å²) >= 11 is 0. The van der Waals surface area contributed by atoms with Crippen LogP contribution in [0.25, 0.3) is 11.0 Å². The SMILES string of the molecule is CC(C(=O)Nc1ccc(N2CCCCC2)c2nonc12)n1nccc1C(=O)O. The van der Waals surface area contributed by atoms with Gasteiger partial charge in [-0.1, -0.05) is 0 Å². The van der Waals surface area contributed by atoms with E-state index in [-0.39, 0.29) is 5.69 Å². The number of fused-ring (bicyclic) bond motifs is 1. The van der Waals surface area contributed by atoms with Gasteiger partial charge in [0, 0.05) is 19.3 Å². The van der Waals surface area contributed by atoms with E-state index in [1.165, 1.54) is 18.7 Å². The van der Waals surface area contributed by atoms with Crippen LogP contribution in [0.2, 0.25) is 0 Å². The number of aromatic carboxylic acids is 1. The number of aromatic nitrogens is 4. The number of rotatable bonds is 5. The highest BCUT2D eigenvalue weighted by molar-refractivity contribution is 6.04. The first kappa shape index (κ1) is 18.0. The fourth-order valence-corrected chi connectivity index (χ4v) is 3.48. The normalized spacial score (nSPS) is 15.5. The quantitative estimate of drug-likeness (QED) is 0.686. The minimum absolute atomic E-state index is 0.0589. The van der Waals surface area contributed by atoms with Gasteiger partial charge in [0.2, 0.25) is 5.91 Å². The zero-order chi connectivity index (χ0) is 19.7. The molecule has 1 aliphatic heterocycles. The molecular weight excluding hydrogens is 364 g/mol. The van der Waals surface area contributed by atoms with E-state index in [1.54, 1.807) is 13.0 Å². The van der Waals surface area contributed by atoms with Crippen LogP contribution in [0.4, 0.5) is 11.4 Å².